The van der Waals surface area contributed by atoms with Gasteiger partial charge in [-0.25, -0.2) is 4.98 Å². The summed E-state index contributed by atoms with van der Waals surface area (Å²) in [6, 6.07) is 5.69. The Morgan fingerprint density at radius 1 is 1.43 bits per heavy atom. The van der Waals surface area contributed by atoms with E-state index in [4.69, 9.17) is 16.3 Å². The fraction of sp³-hybridized carbons (Fsp3) is 0.500. The molecule has 14 heavy (non-hydrogen) atoms. The summed E-state index contributed by atoms with van der Waals surface area (Å²) in [5.74, 6) is 0.772. The highest BCUT2D eigenvalue weighted by Gasteiger charge is 2.10. The van der Waals surface area contributed by atoms with Gasteiger partial charge in [0.2, 0.25) is 0 Å². The molecule has 2 atom stereocenters. The molecule has 0 aliphatic heterocycles. The maximum atomic E-state index is 5.76. The second-order valence-electron chi connectivity index (χ2n) is 3.22. The Kier molecular flexibility index (Phi) is 4.17. The highest BCUT2D eigenvalue weighted by atomic mass is 35.5. The maximum Gasteiger partial charge on any atom is 0.131 e. The molecule has 4 heteroatoms. The van der Waals surface area contributed by atoms with Gasteiger partial charge < -0.3 is 10.1 Å². The van der Waals surface area contributed by atoms with Crippen LogP contribution in [0.1, 0.15) is 13.8 Å². The van der Waals surface area contributed by atoms with Gasteiger partial charge in [0.25, 0.3) is 0 Å². The average molecular weight is 215 g/mol. The SMILES string of the molecule is COC(C)[C@H](C)Nc1cccc(Cl)n1. The summed E-state index contributed by atoms with van der Waals surface area (Å²) in [5, 5.41) is 3.71. The van der Waals surface area contributed by atoms with E-state index in [2.05, 4.69) is 10.3 Å². The van der Waals surface area contributed by atoms with E-state index in [1.54, 1.807) is 13.2 Å². The molecule has 0 amide bonds. The number of hydrogen-bond acceptors (Lipinski definition) is 3. The van der Waals surface area contributed by atoms with E-state index < -0.39 is 0 Å². The molecule has 1 aromatic rings. The van der Waals surface area contributed by atoms with Crippen LogP contribution in [0.2, 0.25) is 5.15 Å². The molecular formula is C10H15ClN2O. The zero-order valence-corrected chi connectivity index (χ0v) is 9.38. The molecule has 1 N–H and O–H groups in total. The van der Waals surface area contributed by atoms with Crippen LogP contribution in [0.5, 0.6) is 0 Å². The highest BCUT2D eigenvalue weighted by molar-refractivity contribution is 6.29. The standard InChI is InChI=1S/C10H15ClN2O/c1-7(8(2)14-3)12-10-6-4-5-9(11)13-10/h4-8H,1-3H3,(H,12,13)/t7-,8?/m0/s1. The number of hydrogen-bond donors (Lipinski definition) is 1. The van der Waals surface area contributed by atoms with Crippen molar-refractivity contribution in [1.29, 1.82) is 0 Å². The van der Waals surface area contributed by atoms with Crippen molar-refractivity contribution in [2.24, 2.45) is 0 Å². The van der Waals surface area contributed by atoms with Crippen molar-refractivity contribution in [3.63, 3.8) is 0 Å². The summed E-state index contributed by atoms with van der Waals surface area (Å²) >= 11 is 5.76. The predicted molar refractivity (Wildman–Crippen MR) is 58.8 cm³/mol. The number of rotatable bonds is 4. The lowest BCUT2D eigenvalue weighted by Gasteiger charge is -2.20. The summed E-state index contributed by atoms with van der Waals surface area (Å²) in [5.41, 5.74) is 0. The van der Waals surface area contributed by atoms with Gasteiger partial charge in [-0.2, -0.15) is 0 Å². The summed E-state index contributed by atoms with van der Waals surface area (Å²) in [6.07, 6.45) is 0.135. The number of methoxy groups -OCH3 is 1. The van der Waals surface area contributed by atoms with Gasteiger partial charge in [-0.1, -0.05) is 17.7 Å². The lowest BCUT2D eigenvalue weighted by atomic mass is 10.2. The van der Waals surface area contributed by atoms with Gasteiger partial charge in [-0.05, 0) is 26.0 Å². The first kappa shape index (κ1) is 11.3. The van der Waals surface area contributed by atoms with Crippen molar-refractivity contribution in [3.8, 4) is 0 Å². The van der Waals surface area contributed by atoms with Crippen LogP contribution in [0.15, 0.2) is 18.2 Å². The third kappa shape index (κ3) is 3.16. The molecule has 0 saturated carbocycles. The number of nitrogens with zero attached hydrogens (tertiary/aromatic N) is 1. The lowest BCUT2D eigenvalue weighted by molar-refractivity contribution is 0.106. The van der Waals surface area contributed by atoms with E-state index in [0.29, 0.717) is 5.15 Å². The normalized spacial score (nSPS) is 14.9. The van der Waals surface area contributed by atoms with Crippen LogP contribution in [0.4, 0.5) is 5.82 Å². The summed E-state index contributed by atoms with van der Waals surface area (Å²) in [7, 11) is 1.69. The topological polar surface area (TPSA) is 34.1 Å². The van der Waals surface area contributed by atoms with Crippen molar-refractivity contribution in [3.05, 3.63) is 23.4 Å². The molecule has 0 aliphatic rings. The van der Waals surface area contributed by atoms with E-state index in [9.17, 15) is 0 Å². The molecule has 1 heterocycles. The number of nitrogens with one attached hydrogen (secondary N) is 1. The minimum atomic E-state index is 0.135. The number of pyridine rings is 1. The molecular weight excluding hydrogens is 200 g/mol. The first-order chi connectivity index (χ1) is 6.63. The number of ether oxygens (including phenoxy) is 1. The highest BCUT2D eigenvalue weighted by Crippen LogP contribution is 2.11. The Hall–Kier alpha value is -0.800. The van der Waals surface area contributed by atoms with E-state index in [-0.39, 0.29) is 12.1 Å². The summed E-state index contributed by atoms with van der Waals surface area (Å²) < 4.78 is 5.19. The Morgan fingerprint density at radius 3 is 2.71 bits per heavy atom. The minimum absolute atomic E-state index is 0.135. The number of anilines is 1. The van der Waals surface area contributed by atoms with Gasteiger partial charge >= 0.3 is 0 Å². The zero-order chi connectivity index (χ0) is 10.6. The van der Waals surface area contributed by atoms with Gasteiger partial charge in [0.05, 0.1) is 12.1 Å². The van der Waals surface area contributed by atoms with E-state index >= 15 is 0 Å². The van der Waals surface area contributed by atoms with Crippen molar-refractivity contribution in [2.75, 3.05) is 12.4 Å². The molecule has 0 fully saturated rings. The Balaban J connectivity index is 2.60. The van der Waals surface area contributed by atoms with Gasteiger partial charge in [-0.15, -0.1) is 0 Å². The number of aromatic nitrogens is 1. The number of halogens is 1. The van der Waals surface area contributed by atoms with Crippen LogP contribution in [0, 0.1) is 0 Å². The molecule has 0 spiro atoms. The summed E-state index contributed by atoms with van der Waals surface area (Å²) in [6.45, 7) is 4.04. The molecule has 0 radical (unpaired) electrons. The second-order valence-corrected chi connectivity index (χ2v) is 3.61. The molecule has 0 aromatic carbocycles. The molecule has 1 unspecified atom stereocenters. The smallest absolute Gasteiger partial charge is 0.131 e. The zero-order valence-electron chi connectivity index (χ0n) is 8.62. The van der Waals surface area contributed by atoms with E-state index in [1.807, 2.05) is 26.0 Å². The van der Waals surface area contributed by atoms with Crippen molar-refractivity contribution in [2.45, 2.75) is 26.0 Å². The van der Waals surface area contributed by atoms with Crippen LogP contribution in [-0.2, 0) is 4.74 Å². The molecule has 1 aromatic heterocycles. The largest absolute Gasteiger partial charge is 0.380 e. The molecule has 1 rings (SSSR count). The molecule has 78 valence electrons. The van der Waals surface area contributed by atoms with Crippen molar-refractivity contribution >= 4 is 17.4 Å². The predicted octanol–water partition coefficient (Wildman–Crippen LogP) is 2.57. The monoisotopic (exact) mass is 214 g/mol. The Morgan fingerprint density at radius 2 is 2.14 bits per heavy atom. The first-order valence-electron chi connectivity index (χ1n) is 4.55. The fourth-order valence-electron chi connectivity index (χ4n) is 1.04. The van der Waals surface area contributed by atoms with Crippen molar-refractivity contribution in [1.82, 2.24) is 4.98 Å². The average Bonchev–Trinajstić information content (AvgIpc) is 2.16. The van der Waals surface area contributed by atoms with Crippen molar-refractivity contribution < 1.29 is 4.74 Å². The van der Waals surface area contributed by atoms with E-state index in [0.717, 1.165) is 5.82 Å². The van der Waals surface area contributed by atoms with Crippen LogP contribution in [0.3, 0.4) is 0 Å². The van der Waals surface area contributed by atoms with Crippen LogP contribution >= 0.6 is 11.6 Å². The molecule has 0 aliphatic carbocycles. The van der Waals surface area contributed by atoms with Gasteiger partial charge in [-0.3, -0.25) is 0 Å². The Labute approximate surface area is 89.4 Å². The summed E-state index contributed by atoms with van der Waals surface area (Å²) in [4.78, 5) is 4.13. The second kappa shape index (κ2) is 5.17. The quantitative estimate of drug-likeness (QED) is 0.783. The van der Waals surface area contributed by atoms with Gasteiger partial charge in [0, 0.05) is 7.11 Å². The van der Waals surface area contributed by atoms with Crippen LogP contribution < -0.4 is 5.32 Å². The van der Waals surface area contributed by atoms with Crippen LogP contribution in [-0.4, -0.2) is 24.2 Å². The Bertz CT molecular complexity index is 293. The fourth-order valence-corrected chi connectivity index (χ4v) is 1.21. The van der Waals surface area contributed by atoms with Gasteiger partial charge in [0.15, 0.2) is 0 Å². The van der Waals surface area contributed by atoms with E-state index in [1.165, 1.54) is 0 Å². The third-order valence-corrected chi connectivity index (χ3v) is 2.38. The lowest BCUT2D eigenvalue weighted by Crippen LogP contribution is -2.29. The van der Waals surface area contributed by atoms with Gasteiger partial charge in [0.1, 0.15) is 11.0 Å². The van der Waals surface area contributed by atoms with Crippen LogP contribution in [0.25, 0.3) is 0 Å². The molecule has 3 nitrogen and oxygen atoms in total. The molecule has 0 bridgehead atoms. The third-order valence-electron chi connectivity index (χ3n) is 2.17. The molecule has 0 saturated heterocycles. The maximum absolute atomic E-state index is 5.76. The first-order valence-corrected chi connectivity index (χ1v) is 4.93. The minimum Gasteiger partial charge on any atom is -0.380 e.